The van der Waals surface area contributed by atoms with E-state index in [1.54, 1.807) is 36.6 Å². The predicted molar refractivity (Wildman–Crippen MR) is 78.5 cm³/mol. The number of carbonyl (C=O) groups is 2. The molecule has 6 nitrogen and oxygen atoms in total. The largest absolute Gasteiger partial charge is 0.484 e. The van der Waals surface area contributed by atoms with Crippen molar-refractivity contribution in [1.82, 2.24) is 5.32 Å². The van der Waals surface area contributed by atoms with E-state index >= 15 is 0 Å². The summed E-state index contributed by atoms with van der Waals surface area (Å²) in [4.78, 5) is 23.2. The zero-order chi connectivity index (χ0) is 15.9. The fourth-order valence-electron chi connectivity index (χ4n) is 1.87. The third-order valence-corrected chi connectivity index (χ3v) is 2.97. The summed E-state index contributed by atoms with van der Waals surface area (Å²) in [7, 11) is 1.30. The minimum atomic E-state index is -0.457. The van der Waals surface area contributed by atoms with Gasteiger partial charge in [0.25, 0.3) is 5.91 Å². The minimum absolute atomic E-state index is 0.157. The van der Waals surface area contributed by atoms with E-state index in [1.165, 1.54) is 13.2 Å². The predicted octanol–water partition coefficient (Wildman–Crippen LogP) is 2.32. The van der Waals surface area contributed by atoms with Crippen molar-refractivity contribution in [3.05, 3.63) is 54.0 Å². The van der Waals surface area contributed by atoms with Crippen molar-refractivity contribution >= 4 is 11.9 Å². The Kier molecular flexibility index (Phi) is 5.19. The van der Waals surface area contributed by atoms with Crippen molar-refractivity contribution in [2.75, 3.05) is 13.7 Å². The van der Waals surface area contributed by atoms with Crippen LogP contribution >= 0.6 is 0 Å². The number of furan rings is 1. The molecule has 1 heterocycles. The van der Waals surface area contributed by atoms with E-state index in [0.29, 0.717) is 17.1 Å². The van der Waals surface area contributed by atoms with E-state index in [9.17, 15) is 9.59 Å². The van der Waals surface area contributed by atoms with Gasteiger partial charge in [-0.25, -0.2) is 4.79 Å². The molecule has 0 saturated carbocycles. The Bertz CT molecular complexity index is 636. The second-order valence-electron chi connectivity index (χ2n) is 4.61. The normalized spacial score (nSPS) is 11.5. The highest BCUT2D eigenvalue weighted by Crippen LogP contribution is 2.15. The Morgan fingerprint density at radius 3 is 2.77 bits per heavy atom. The van der Waals surface area contributed by atoms with Crippen LogP contribution in [0.4, 0.5) is 0 Å². The third kappa shape index (κ3) is 4.12. The maximum Gasteiger partial charge on any atom is 0.337 e. The molecule has 1 atom stereocenters. The van der Waals surface area contributed by atoms with Crippen molar-refractivity contribution in [3.8, 4) is 5.75 Å². The SMILES string of the molecule is COC(=O)c1cccc(OCC(=O)N[C@@H](C)c2ccco2)c1. The van der Waals surface area contributed by atoms with Crippen LogP contribution in [-0.2, 0) is 9.53 Å². The zero-order valence-corrected chi connectivity index (χ0v) is 12.4. The number of hydrogen-bond acceptors (Lipinski definition) is 5. The first-order valence-corrected chi connectivity index (χ1v) is 6.74. The molecule has 0 spiro atoms. The lowest BCUT2D eigenvalue weighted by Gasteiger charge is -2.12. The molecule has 1 N–H and O–H groups in total. The average Bonchev–Trinajstić information content (AvgIpc) is 3.07. The summed E-state index contributed by atoms with van der Waals surface area (Å²) < 4.78 is 15.2. The maximum absolute atomic E-state index is 11.8. The van der Waals surface area contributed by atoms with Gasteiger partial charge in [-0.1, -0.05) is 6.07 Å². The number of amides is 1. The van der Waals surface area contributed by atoms with Crippen molar-refractivity contribution in [3.63, 3.8) is 0 Å². The average molecular weight is 303 g/mol. The van der Waals surface area contributed by atoms with E-state index < -0.39 is 5.97 Å². The molecule has 0 saturated heterocycles. The Balaban J connectivity index is 1.87. The standard InChI is InChI=1S/C16H17NO5/c1-11(14-7-4-8-21-14)17-15(18)10-22-13-6-3-5-12(9-13)16(19)20-2/h3-9,11H,10H2,1-2H3,(H,17,18)/t11-/m0/s1. The molecule has 0 radical (unpaired) electrons. The Labute approximate surface area is 128 Å². The van der Waals surface area contributed by atoms with Crippen LogP contribution in [0, 0.1) is 0 Å². The molecule has 1 aromatic heterocycles. The van der Waals surface area contributed by atoms with Crippen LogP contribution < -0.4 is 10.1 Å². The van der Waals surface area contributed by atoms with E-state index in [4.69, 9.17) is 9.15 Å². The first kappa shape index (κ1) is 15.6. The van der Waals surface area contributed by atoms with E-state index in [1.807, 2.05) is 6.92 Å². The Morgan fingerprint density at radius 2 is 2.09 bits per heavy atom. The summed E-state index contributed by atoms with van der Waals surface area (Å²) in [5.74, 6) is 0.346. The molecule has 22 heavy (non-hydrogen) atoms. The van der Waals surface area contributed by atoms with E-state index in [2.05, 4.69) is 10.1 Å². The van der Waals surface area contributed by atoms with Gasteiger partial charge in [-0.3, -0.25) is 4.79 Å². The van der Waals surface area contributed by atoms with E-state index in [-0.39, 0.29) is 18.6 Å². The van der Waals surface area contributed by atoms with Gasteiger partial charge in [0, 0.05) is 0 Å². The first-order chi connectivity index (χ1) is 10.6. The molecule has 2 rings (SSSR count). The molecular weight excluding hydrogens is 286 g/mol. The van der Waals surface area contributed by atoms with Gasteiger partial charge in [0.15, 0.2) is 6.61 Å². The molecule has 116 valence electrons. The van der Waals surface area contributed by atoms with Gasteiger partial charge in [0.2, 0.25) is 0 Å². The monoisotopic (exact) mass is 303 g/mol. The number of carbonyl (C=O) groups excluding carboxylic acids is 2. The lowest BCUT2D eigenvalue weighted by molar-refractivity contribution is -0.123. The number of nitrogens with one attached hydrogen (secondary N) is 1. The second kappa shape index (κ2) is 7.31. The molecule has 0 fully saturated rings. The number of esters is 1. The van der Waals surface area contributed by atoms with Gasteiger partial charge in [0.1, 0.15) is 11.5 Å². The minimum Gasteiger partial charge on any atom is -0.484 e. The summed E-state index contributed by atoms with van der Waals surface area (Å²) in [6.07, 6.45) is 1.55. The molecule has 0 bridgehead atoms. The summed E-state index contributed by atoms with van der Waals surface area (Å²) in [5, 5.41) is 2.75. The van der Waals surface area contributed by atoms with Crippen LogP contribution in [0.15, 0.2) is 47.1 Å². The van der Waals surface area contributed by atoms with Crippen LogP contribution in [0.25, 0.3) is 0 Å². The molecular formula is C16H17NO5. The highest BCUT2D eigenvalue weighted by molar-refractivity contribution is 5.89. The third-order valence-electron chi connectivity index (χ3n) is 2.97. The summed E-state index contributed by atoms with van der Waals surface area (Å²) in [5.41, 5.74) is 0.365. The fraction of sp³-hybridized carbons (Fsp3) is 0.250. The van der Waals surface area contributed by atoms with Crippen LogP contribution in [-0.4, -0.2) is 25.6 Å². The molecule has 6 heteroatoms. The molecule has 1 aromatic carbocycles. The summed E-state index contributed by atoms with van der Waals surface area (Å²) in [6.45, 7) is 1.66. The van der Waals surface area contributed by atoms with Crippen molar-refractivity contribution in [1.29, 1.82) is 0 Å². The number of ether oxygens (including phenoxy) is 2. The Hall–Kier alpha value is -2.76. The van der Waals surface area contributed by atoms with Crippen LogP contribution in [0.2, 0.25) is 0 Å². The van der Waals surface area contributed by atoms with Crippen LogP contribution in [0.5, 0.6) is 5.75 Å². The van der Waals surface area contributed by atoms with Gasteiger partial charge in [-0.15, -0.1) is 0 Å². The number of rotatable bonds is 6. The summed E-state index contributed by atoms with van der Waals surface area (Å²) in [6, 6.07) is 9.75. The van der Waals surface area contributed by atoms with Gasteiger partial charge in [0.05, 0.1) is 25.0 Å². The second-order valence-corrected chi connectivity index (χ2v) is 4.61. The van der Waals surface area contributed by atoms with Crippen molar-refractivity contribution in [2.24, 2.45) is 0 Å². The van der Waals surface area contributed by atoms with Gasteiger partial charge in [-0.05, 0) is 37.3 Å². The van der Waals surface area contributed by atoms with Gasteiger partial charge < -0.3 is 19.2 Å². The number of methoxy groups -OCH3 is 1. The molecule has 0 unspecified atom stereocenters. The van der Waals surface area contributed by atoms with Gasteiger partial charge in [-0.2, -0.15) is 0 Å². The number of benzene rings is 1. The maximum atomic E-state index is 11.8. The molecule has 0 aliphatic heterocycles. The summed E-state index contributed by atoms with van der Waals surface area (Å²) >= 11 is 0. The van der Waals surface area contributed by atoms with E-state index in [0.717, 1.165) is 0 Å². The quantitative estimate of drug-likeness (QED) is 0.829. The van der Waals surface area contributed by atoms with Crippen LogP contribution in [0.1, 0.15) is 29.1 Å². The fourth-order valence-corrected chi connectivity index (χ4v) is 1.87. The lowest BCUT2D eigenvalue weighted by Crippen LogP contribution is -2.31. The molecule has 1 amide bonds. The molecule has 2 aromatic rings. The zero-order valence-electron chi connectivity index (χ0n) is 12.4. The lowest BCUT2D eigenvalue weighted by atomic mass is 10.2. The molecule has 0 aliphatic carbocycles. The van der Waals surface area contributed by atoms with Crippen molar-refractivity contribution in [2.45, 2.75) is 13.0 Å². The van der Waals surface area contributed by atoms with Crippen LogP contribution in [0.3, 0.4) is 0 Å². The Morgan fingerprint density at radius 1 is 1.27 bits per heavy atom. The highest BCUT2D eigenvalue weighted by atomic mass is 16.5. The number of hydrogen-bond donors (Lipinski definition) is 1. The first-order valence-electron chi connectivity index (χ1n) is 6.74. The van der Waals surface area contributed by atoms with Crippen molar-refractivity contribution < 1.29 is 23.5 Å². The molecule has 0 aliphatic rings. The van der Waals surface area contributed by atoms with Gasteiger partial charge >= 0.3 is 5.97 Å². The highest BCUT2D eigenvalue weighted by Gasteiger charge is 2.12. The smallest absolute Gasteiger partial charge is 0.337 e. The topological polar surface area (TPSA) is 77.8 Å².